The van der Waals surface area contributed by atoms with Gasteiger partial charge in [0.15, 0.2) is 0 Å². The number of nitrogens with zero attached hydrogens (tertiary/aromatic N) is 4. The second kappa shape index (κ2) is 8.25. The molecule has 1 N–H and O–H groups in total. The molecule has 6 heteroatoms. The zero-order valence-corrected chi connectivity index (χ0v) is 15.5. The van der Waals surface area contributed by atoms with Crippen molar-refractivity contribution in [3.63, 3.8) is 0 Å². The van der Waals surface area contributed by atoms with Crippen LogP contribution < -0.4 is 15.0 Å². The van der Waals surface area contributed by atoms with Crippen LogP contribution in [0.3, 0.4) is 0 Å². The van der Waals surface area contributed by atoms with E-state index >= 15 is 0 Å². The number of hydrogen-bond donors (Lipinski definition) is 1. The summed E-state index contributed by atoms with van der Waals surface area (Å²) in [6.45, 7) is 8.43. The van der Waals surface area contributed by atoms with Crippen LogP contribution in [-0.2, 0) is 7.05 Å². The number of methoxy groups -OCH3 is 1. The van der Waals surface area contributed by atoms with Crippen molar-refractivity contribution in [2.24, 2.45) is 7.05 Å². The van der Waals surface area contributed by atoms with Crippen LogP contribution in [-0.4, -0.2) is 61.1 Å². The van der Waals surface area contributed by atoms with Gasteiger partial charge in [-0.15, -0.1) is 0 Å². The molecule has 0 aliphatic carbocycles. The maximum Gasteiger partial charge on any atom is 0.142 e. The molecule has 1 saturated heterocycles. The van der Waals surface area contributed by atoms with Gasteiger partial charge in [0.25, 0.3) is 0 Å². The highest BCUT2D eigenvalue weighted by atomic mass is 16.5. The molecule has 0 unspecified atom stereocenters. The lowest BCUT2D eigenvalue weighted by Gasteiger charge is -2.36. The highest BCUT2D eigenvalue weighted by molar-refractivity contribution is 5.58. The Kier molecular flexibility index (Phi) is 5.81. The quantitative estimate of drug-likeness (QED) is 0.782. The fraction of sp³-hybridized carbons (Fsp3) is 0.526. The van der Waals surface area contributed by atoms with Crippen molar-refractivity contribution in [1.82, 2.24) is 14.7 Å². The second-order valence-electron chi connectivity index (χ2n) is 6.58. The van der Waals surface area contributed by atoms with Crippen molar-refractivity contribution in [2.45, 2.75) is 13.3 Å². The SMILES string of the molecule is COc1ccccc1N1CCN(CCCNc2cc(C)nn2C)CC1. The van der Waals surface area contributed by atoms with Crippen molar-refractivity contribution in [2.75, 3.05) is 56.6 Å². The number of ether oxygens (including phenoxy) is 1. The highest BCUT2D eigenvalue weighted by Crippen LogP contribution is 2.28. The fourth-order valence-corrected chi connectivity index (χ4v) is 3.40. The zero-order valence-electron chi connectivity index (χ0n) is 15.5. The molecule has 0 spiro atoms. The molecular weight excluding hydrogens is 314 g/mol. The van der Waals surface area contributed by atoms with Gasteiger partial charge in [-0.1, -0.05) is 12.1 Å². The third kappa shape index (κ3) is 4.45. The predicted molar refractivity (Wildman–Crippen MR) is 103 cm³/mol. The monoisotopic (exact) mass is 343 g/mol. The molecule has 1 aromatic carbocycles. The molecule has 6 nitrogen and oxygen atoms in total. The molecule has 3 rings (SSSR count). The summed E-state index contributed by atoms with van der Waals surface area (Å²) in [5, 5.41) is 7.83. The molecule has 1 aliphatic rings. The van der Waals surface area contributed by atoms with Gasteiger partial charge in [0.05, 0.1) is 18.5 Å². The van der Waals surface area contributed by atoms with E-state index in [1.54, 1.807) is 7.11 Å². The van der Waals surface area contributed by atoms with Crippen LogP contribution in [0, 0.1) is 6.92 Å². The summed E-state index contributed by atoms with van der Waals surface area (Å²) in [5.74, 6) is 2.06. The third-order valence-corrected chi connectivity index (χ3v) is 4.76. The summed E-state index contributed by atoms with van der Waals surface area (Å²) in [5.41, 5.74) is 2.26. The number of nitrogens with one attached hydrogen (secondary N) is 1. The second-order valence-corrected chi connectivity index (χ2v) is 6.58. The first-order chi connectivity index (χ1) is 12.2. The third-order valence-electron chi connectivity index (χ3n) is 4.76. The van der Waals surface area contributed by atoms with E-state index in [-0.39, 0.29) is 0 Å². The smallest absolute Gasteiger partial charge is 0.142 e. The summed E-state index contributed by atoms with van der Waals surface area (Å²) in [7, 11) is 3.72. The number of benzene rings is 1. The van der Waals surface area contributed by atoms with Gasteiger partial charge in [-0.25, -0.2) is 0 Å². The van der Waals surface area contributed by atoms with Gasteiger partial charge >= 0.3 is 0 Å². The fourth-order valence-electron chi connectivity index (χ4n) is 3.40. The molecule has 0 saturated carbocycles. The number of aromatic nitrogens is 2. The molecule has 1 aliphatic heterocycles. The van der Waals surface area contributed by atoms with Gasteiger partial charge in [-0.05, 0) is 32.0 Å². The Balaban J connectivity index is 1.40. The average Bonchev–Trinajstić information content (AvgIpc) is 2.96. The van der Waals surface area contributed by atoms with E-state index in [0.717, 1.165) is 63.0 Å². The lowest BCUT2D eigenvalue weighted by molar-refractivity contribution is 0.256. The first-order valence-corrected chi connectivity index (χ1v) is 9.02. The first kappa shape index (κ1) is 17.6. The van der Waals surface area contributed by atoms with Gasteiger partial charge < -0.3 is 15.0 Å². The van der Waals surface area contributed by atoms with Gasteiger partial charge in [-0.3, -0.25) is 9.58 Å². The molecule has 0 radical (unpaired) electrons. The number of hydrogen-bond acceptors (Lipinski definition) is 5. The molecule has 0 bridgehead atoms. The first-order valence-electron chi connectivity index (χ1n) is 9.02. The van der Waals surface area contributed by atoms with Crippen molar-refractivity contribution in [3.05, 3.63) is 36.0 Å². The van der Waals surface area contributed by atoms with Gasteiger partial charge in [0.2, 0.25) is 0 Å². The highest BCUT2D eigenvalue weighted by Gasteiger charge is 2.19. The summed E-state index contributed by atoms with van der Waals surface area (Å²) >= 11 is 0. The van der Waals surface area contributed by atoms with Crippen LogP contribution in [0.5, 0.6) is 5.75 Å². The molecule has 25 heavy (non-hydrogen) atoms. The summed E-state index contributed by atoms with van der Waals surface area (Å²) in [6, 6.07) is 10.4. The molecule has 2 aromatic rings. The molecule has 1 fully saturated rings. The van der Waals surface area contributed by atoms with E-state index in [9.17, 15) is 0 Å². The van der Waals surface area contributed by atoms with Crippen molar-refractivity contribution < 1.29 is 4.74 Å². The normalized spacial score (nSPS) is 15.4. The van der Waals surface area contributed by atoms with Gasteiger partial charge in [0.1, 0.15) is 11.6 Å². The van der Waals surface area contributed by atoms with Crippen molar-refractivity contribution >= 4 is 11.5 Å². The van der Waals surface area contributed by atoms with E-state index in [1.165, 1.54) is 5.69 Å². The van der Waals surface area contributed by atoms with Crippen LogP contribution in [0.2, 0.25) is 0 Å². The number of para-hydroxylation sites is 2. The number of anilines is 2. The lowest BCUT2D eigenvalue weighted by atomic mass is 10.2. The minimum Gasteiger partial charge on any atom is -0.495 e. The maximum atomic E-state index is 5.49. The van der Waals surface area contributed by atoms with Crippen LogP contribution in [0.4, 0.5) is 11.5 Å². The minimum absolute atomic E-state index is 0.964. The molecule has 2 heterocycles. The molecule has 0 amide bonds. The standard InChI is InChI=1S/C19H29N5O/c1-16-15-19(22(2)21-16)20-9-6-10-23-11-13-24(14-12-23)17-7-4-5-8-18(17)25-3/h4-5,7-8,15,20H,6,9-14H2,1-3H3. The van der Waals surface area contributed by atoms with Crippen LogP contribution >= 0.6 is 0 Å². The molecule has 136 valence electrons. The zero-order chi connectivity index (χ0) is 17.6. The summed E-state index contributed by atoms with van der Waals surface area (Å²) < 4.78 is 7.39. The maximum absolute atomic E-state index is 5.49. The molecule has 1 aromatic heterocycles. The van der Waals surface area contributed by atoms with Crippen molar-refractivity contribution in [1.29, 1.82) is 0 Å². The Morgan fingerprint density at radius 2 is 1.92 bits per heavy atom. The number of piperazine rings is 1. The summed E-state index contributed by atoms with van der Waals surface area (Å²) in [6.07, 6.45) is 1.14. The van der Waals surface area contributed by atoms with E-state index in [0.29, 0.717) is 0 Å². The number of aryl methyl sites for hydroxylation is 2. The molecule has 0 atom stereocenters. The van der Waals surface area contributed by atoms with E-state index in [2.05, 4.69) is 38.4 Å². The van der Waals surface area contributed by atoms with Crippen LogP contribution in [0.15, 0.2) is 30.3 Å². The Bertz CT molecular complexity index is 676. The van der Waals surface area contributed by atoms with E-state index in [1.807, 2.05) is 30.8 Å². The average molecular weight is 343 g/mol. The van der Waals surface area contributed by atoms with E-state index in [4.69, 9.17) is 4.74 Å². The van der Waals surface area contributed by atoms with Gasteiger partial charge in [0, 0.05) is 45.8 Å². The van der Waals surface area contributed by atoms with Crippen LogP contribution in [0.1, 0.15) is 12.1 Å². The van der Waals surface area contributed by atoms with Gasteiger partial charge in [-0.2, -0.15) is 5.10 Å². The lowest BCUT2D eigenvalue weighted by Crippen LogP contribution is -2.46. The Morgan fingerprint density at radius 3 is 2.60 bits per heavy atom. The Morgan fingerprint density at radius 1 is 1.16 bits per heavy atom. The van der Waals surface area contributed by atoms with Crippen LogP contribution in [0.25, 0.3) is 0 Å². The Labute approximate surface area is 150 Å². The van der Waals surface area contributed by atoms with E-state index < -0.39 is 0 Å². The number of rotatable bonds is 7. The minimum atomic E-state index is 0.964. The van der Waals surface area contributed by atoms with Crippen molar-refractivity contribution in [3.8, 4) is 5.75 Å². The summed E-state index contributed by atoms with van der Waals surface area (Å²) in [4.78, 5) is 4.97. The topological polar surface area (TPSA) is 45.6 Å². The molecular formula is C19H29N5O. The predicted octanol–water partition coefficient (Wildman–Crippen LogP) is 2.36. The Hall–Kier alpha value is -2.21. The largest absolute Gasteiger partial charge is 0.495 e.